The van der Waals surface area contributed by atoms with E-state index in [1.807, 2.05) is 6.92 Å². The van der Waals surface area contributed by atoms with Gasteiger partial charge in [0.25, 0.3) is 11.8 Å². The highest BCUT2D eigenvalue weighted by molar-refractivity contribution is 6.32. The lowest BCUT2D eigenvalue weighted by atomic mass is 9.78. The first kappa shape index (κ1) is 24.5. The molecule has 3 unspecified atom stereocenters. The molecule has 8 heteroatoms. The Balaban J connectivity index is 1.31. The van der Waals surface area contributed by atoms with Gasteiger partial charge in [-0.15, -0.1) is 0 Å². The van der Waals surface area contributed by atoms with Gasteiger partial charge in [0.15, 0.2) is 0 Å². The van der Waals surface area contributed by atoms with Crippen molar-refractivity contribution in [3.63, 3.8) is 0 Å². The molecule has 1 aromatic carbocycles. The van der Waals surface area contributed by atoms with Crippen LogP contribution in [-0.4, -0.2) is 66.2 Å². The predicted molar refractivity (Wildman–Crippen MR) is 140 cm³/mol. The van der Waals surface area contributed by atoms with Gasteiger partial charge < -0.3 is 26.0 Å². The summed E-state index contributed by atoms with van der Waals surface area (Å²) in [6.45, 7) is 4.80. The van der Waals surface area contributed by atoms with Gasteiger partial charge in [-0.3, -0.25) is 9.59 Å². The second kappa shape index (κ2) is 9.82. The maximum Gasteiger partial charge on any atom is 0.256 e. The number of amides is 2. The molecule has 2 saturated heterocycles. The summed E-state index contributed by atoms with van der Waals surface area (Å²) in [6.07, 6.45) is 5.99. The van der Waals surface area contributed by atoms with Crippen LogP contribution in [0.5, 0.6) is 0 Å². The maximum absolute atomic E-state index is 14.2. The second-order valence-corrected chi connectivity index (χ2v) is 11.1. The monoisotopic (exact) mass is 506 g/mol. The largest absolute Gasteiger partial charge is 0.390 e. The summed E-state index contributed by atoms with van der Waals surface area (Å²) < 4.78 is 14.2. The zero-order valence-electron chi connectivity index (χ0n) is 21.3. The van der Waals surface area contributed by atoms with Crippen molar-refractivity contribution in [2.75, 3.05) is 31.5 Å². The first-order valence-corrected chi connectivity index (χ1v) is 13.6. The molecule has 2 amide bonds. The van der Waals surface area contributed by atoms with Gasteiger partial charge in [-0.2, -0.15) is 0 Å². The van der Waals surface area contributed by atoms with E-state index in [4.69, 9.17) is 0 Å². The van der Waals surface area contributed by atoms with Crippen molar-refractivity contribution in [1.29, 1.82) is 0 Å². The van der Waals surface area contributed by atoms with Crippen molar-refractivity contribution in [2.45, 2.75) is 70.1 Å². The highest BCUT2D eigenvalue weighted by Crippen LogP contribution is 2.48. The Morgan fingerprint density at radius 1 is 1.19 bits per heavy atom. The van der Waals surface area contributed by atoms with Gasteiger partial charge in [0, 0.05) is 42.0 Å². The molecular formula is C29H35FN4O3. The van der Waals surface area contributed by atoms with Gasteiger partial charge in [0.05, 0.1) is 11.7 Å². The SMILES string of the molecule is CC1=C(C(=O)NCC(O)CN2CCCCC2)C2=C(/C(=C3\C(=O)Nc4ccc(F)cc43)CCC2)C2NC2C1. The molecule has 0 saturated carbocycles. The lowest BCUT2D eigenvalue weighted by Crippen LogP contribution is -2.42. The Kier molecular flexibility index (Phi) is 6.51. The first-order valence-electron chi connectivity index (χ1n) is 13.6. The van der Waals surface area contributed by atoms with Gasteiger partial charge in [-0.1, -0.05) is 12.0 Å². The molecule has 1 aromatic rings. The molecule has 2 fully saturated rings. The number of fused-ring (bicyclic) bond motifs is 3. The van der Waals surface area contributed by atoms with Crippen molar-refractivity contribution in [3.8, 4) is 0 Å². The fourth-order valence-corrected chi connectivity index (χ4v) is 6.69. The number of hydrogen-bond donors (Lipinski definition) is 4. The number of hydrogen-bond acceptors (Lipinski definition) is 5. The van der Waals surface area contributed by atoms with E-state index in [0.717, 1.165) is 67.5 Å². The minimum absolute atomic E-state index is 0.0909. The van der Waals surface area contributed by atoms with Gasteiger partial charge in [-0.25, -0.2) is 4.39 Å². The number of nitrogens with zero attached hydrogens (tertiary/aromatic N) is 1. The fraction of sp³-hybridized carbons (Fsp3) is 0.517. The zero-order valence-corrected chi connectivity index (χ0v) is 21.3. The molecule has 7 nitrogen and oxygen atoms in total. The van der Waals surface area contributed by atoms with Crippen LogP contribution in [0.2, 0.25) is 0 Å². The van der Waals surface area contributed by atoms with Crippen LogP contribution >= 0.6 is 0 Å². The summed E-state index contributed by atoms with van der Waals surface area (Å²) in [5.41, 5.74) is 6.44. The lowest BCUT2D eigenvalue weighted by molar-refractivity contribution is -0.118. The smallest absolute Gasteiger partial charge is 0.256 e. The number of aliphatic hydroxyl groups excluding tert-OH is 1. The number of rotatable bonds is 5. The normalized spacial score (nSPS) is 28.2. The lowest BCUT2D eigenvalue weighted by Gasteiger charge is -2.29. The highest BCUT2D eigenvalue weighted by atomic mass is 19.1. The molecule has 0 bridgehead atoms. The summed E-state index contributed by atoms with van der Waals surface area (Å²) in [5.74, 6) is -0.739. The Bertz CT molecular complexity index is 1240. The predicted octanol–water partition coefficient (Wildman–Crippen LogP) is 3.04. The minimum atomic E-state index is -0.616. The number of likely N-dealkylation sites (tertiary alicyclic amines) is 1. The van der Waals surface area contributed by atoms with Crippen LogP contribution in [-0.2, 0) is 9.59 Å². The number of carbonyl (C=O) groups is 2. The van der Waals surface area contributed by atoms with Crippen molar-refractivity contribution in [1.82, 2.24) is 15.5 Å². The van der Waals surface area contributed by atoms with Crippen molar-refractivity contribution >= 4 is 23.1 Å². The number of carbonyl (C=O) groups excluding carboxylic acids is 2. The Hall–Kier alpha value is -2.81. The summed E-state index contributed by atoms with van der Waals surface area (Å²) in [4.78, 5) is 28.9. The first-order chi connectivity index (χ1) is 17.9. The third-order valence-corrected chi connectivity index (χ3v) is 8.43. The molecule has 0 spiro atoms. The molecule has 3 atom stereocenters. The van der Waals surface area contributed by atoms with Gasteiger partial charge >= 0.3 is 0 Å². The molecule has 6 rings (SSSR count). The number of benzene rings is 1. The third-order valence-electron chi connectivity index (χ3n) is 8.43. The molecule has 2 aliphatic carbocycles. The van der Waals surface area contributed by atoms with Crippen molar-refractivity contribution < 1.29 is 19.1 Å². The van der Waals surface area contributed by atoms with E-state index in [-0.39, 0.29) is 36.3 Å². The average molecular weight is 507 g/mol. The zero-order chi connectivity index (χ0) is 25.7. The standard InChI is InChI=1S/C29H35FN4O3/c1-16-12-23-27(32-23)25-19(24(16)28(36)31-14-18(35)15-34-10-3-2-4-11-34)6-5-7-20(25)26-21-13-17(30)8-9-22(21)33-29(26)37/h8-9,13,18,23,27,32,35H,2-7,10-12,14-15H2,1H3,(H,31,36)(H,33,37)/b26-20-. The van der Waals surface area contributed by atoms with Gasteiger partial charge in [0.2, 0.25) is 0 Å². The molecule has 196 valence electrons. The number of anilines is 1. The maximum atomic E-state index is 14.2. The summed E-state index contributed by atoms with van der Waals surface area (Å²) in [7, 11) is 0. The van der Waals surface area contributed by atoms with Crippen LogP contribution < -0.4 is 16.0 Å². The molecule has 5 aliphatic rings. The van der Waals surface area contributed by atoms with E-state index in [0.29, 0.717) is 35.4 Å². The molecule has 4 N–H and O–H groups in total. The number of nitrogens with one attached hydrogen (secondary N) is 3. The van der Waals surface area contributed by atoms with E-state index in [9.17, 15) is 19.1 Å². The van der Waals surface area contributed by atoms with Crippen LogP contribution in [0, 0.1) is 5.82 Å². The average Bonchev–Trinajstić information content (AvgIpc) is 3.57. The topological polar surface area (TPSA) is 104 Å². The Morgan fingerprint density at radius 3 is 2.78 bits per heavy atom. The van der Waals surface area contributed by atoms with E-state index in [2.05, 4.69) is 20.9 Å². The van der Waals surface area contributed by atoms with E-state index >= 15 is 0 Å². The van der Waals surface area contributed by atoms with Crippen LogP contribution in [0.1, 0.15) is 57.4 Å². The second-order valence-electron chi connectivity index (χ2n) is 11.1. The van der Waals surface area contributed by atoms with Gasteiger partial charge in [-0.05, 0) is 93.5 Å². The van der Waals surface area contributed by atoms with Crippen LogP contribution in [0.15, 0.2) is 46.1 Å². The summed E-state index contributed by atoms with van der Waals surface area (Å²) >= 11 is 0. The minimum Gasteiger partial charge on any atom is -0.390 e. The van der Waals surface area contributed by atoms with Crippen LogP contribution in [0.4, 0.5) is 10.1 Å². The molecular weight excluding hydrogens is 471 g/mol. The van der Waals surface area contributed by atoms with E-state index in [1.165, 1.54) is 18.6 Å². The molecule has 3 aliphatic heterocycles. The number of piperidine rings is 1. The molecule has 37 heavy (non-hydrogen) atoms. The van der Waals surface area contributed by atoms with Crippen molar-refractivity contribution in [3.05, 3.63) is 57.4 Å². The van der Waals surface area contributed by atoms with Crippen LogP contribution in [0.25, 0.3) is 5.57 Å². The van der Waals surface area contributed by atoms with Crippen LogP contribution in [0.3, 0.4) is 0 Å². The molecule has 0 radical (unpaired) electrons. The quantitative estimate of drug-likeness (QED) is 0.363. The number of aliphatic hydroxyl groups is 1. The number of halogens is 1. The van der Waals surface area contributed by atoms with E-state index in [1.54, 1.807) is 6.07 Å². The van der Waals surface area contributed by atoms with Gasteiger partial charge in [0.1, 0.15) is 5.82 Å². The molecule has 0 aromatic heterocycles. The van der Waals surface area contributed by atoms with Crippen molar-refractivity contribution in [2.24, 2.45) is 0 Å². The summed E-state index contributed by atoms with van der Waals surface area (Å²) in [5, 5.41) is 20.1. The third kappa shape index (κ3) is 4.67. The fourth-order valence-electron chi connectivity index (χ4n) is 6.69. The van der Waals surface area contributed by atoms with E-state index < -0.39 is 6.10 Å². The Morgan fingerprint density at radius 2 is 1.97 bits per heavy atom. The highest BCUT2D eigenvalue weighted by Gasteiger charge is 2.47. The molecule has 3 heterocycles. The summed E-state index contributed by atoms with van der Waals surface area (Å²) in [6, 6.07) is 4.71. The number of β-amino-alcohol motifs (C(OH)–C–C–N with tert-alkyl or cyclic N) is 1. The Labute approximate surface area is 216 Å².